The fourth-order valence-electron chi connectivity index (χ4n) is 2.72. The lowest BCUT2D eigenvalue weighted by Crippen LogP contribution is -1.98. The van der Waals surface area contributed by atoms with Gasteiger partial charge >= 0.3 is 0 Å². The SMILES string of the molecule is COc1ccc(C(=O)/C=C/c2cccnc2Nc2ccc(OC)c(OC)c2)cc1. The van der Waals surface area contributed by atoms with Gasteiger partial charge in [-0.3, -0.25) is 4.79 Å². The zero-order valence-electron chi connectivity index (χ0n) is 16.5. The molecule has 0 spiro atoms. The molecule has 148 valence electrons. The van der Waals surface area contributed by atoms with Gasteiger partial charge in [0.25, 0.3) is 0 Å². The summed E-state index contributed by atoms with van der Waals surface area (Å²) in [7, 11) is 4.76. The van der Waals surface area contributed by atoms with E-state index in [1.54, 1.807) is 57.9 Å². The van der Waals surface area contributed by atoms with Gasteiger partial charge in [-0.1, -0.05) is 0 Å². The molecule has 29 heavy (non-hydrogen) atoms. The summed E-state index contributed by atoms with van der Waals surface area (Å²) in [6, 6.07) is 16.2. The molecular formula is C23H22N2O4. The minimum Gasteiger partial charge on any atom is -0.497 e. The predicted octanol–water partition coefficient (Wildman–Crippen LogP) is 4.75. The Hall–Kier alpha value is -3.80. The largest absolute Gasteiger partial charge is 0.497 e. The molecule has 6 nitrogen and oxygen atoms in total. The van der Waals surface area contributed by atoms with Crippen LogP contribution in [0.5, 0.6) is 17.2 Å². The Balaban J connectivity index is 1.79. The zero-order chi connectivity index (χ0) is 20.6. The summed E-state index contributed by atoms with van der Waals surface area (Å²) >= 11 is 0. The quantitative estimate of drug-likeness (QED) is 0.442. The van der Waals surface area contributed by atoms with E-state index in [0.29, 0.717) is 28.6 Å². The molecule has 0 amide bonds. The number of pyridine rings is 1. The second kappa shape index (κ2) is 9.41. The standard InChI is InChI=1S/C23H22N2O4/c1-27-19-10-6-16(7-11-19)20(26)12-8-17-5-4-14-24-23(17)25-18-9-13-21(28-2)22(15-18)29-3/h4-15H,1-3H3,(H,24,25)/b12-8+. The summed E-state index contributed by atoms with van der Waals surface area (Å²) in [5, 5.41) is 3.25. The molecule has 1 heterocycles. The number of carbonyl (C=O) groups is 1. The highest BCUT2D eigenvalue weighted by atomic mass is 16.5. The Bertz CT molecular complexity index is 1010. The number of aromatic nitrogens is 1. The maximum absolute atomic E-state index is 12.4. The van der Waals surface area contributed by atoms with Crippen LogP contribution in [0.4, 0.5) is 11.5 Å². The van der Waals surface area contributed by atoms with Crippen LogP contribution in [0, 0.1) is 0 Å². The molecule has 0 saturated heterocycles. The third kappa shape index (κ3) is 4.93. The van der Waals surface area contributed by atoms with E-state index in [0.717, 1.165) is 11.3 Å². The average Bonchev–Trinajstić information content (AvgIpc) is 2.78. The van der Waals surface area contributed by atoms with Crippen LogP contribution in [-0.4, -0.2) is 32.1 Å². The van der Waals surface area contributed by atoms with E-state index in [-0.39, 0.29) is 5.78 Å². The number of ether oxygens (including phenoxy) is 3. The van der Waals surface area contributed by atoms with Crippen LogP contribution in [-0.2, 0) is 0 Å². The van der Waals surface area contributed by atoms with Crippen molar-refractivity contribution in [3.8, 4) is 17.2 Å². The molecule has 0 aliphatic rings. The van der Waals surface area contributed by atoms with E-state index >= 15 is 0 Å². The first-order valence-corrected chi connectivity index (χ1v) is 8.95. The zero-order valence-corrected chi connectivity index (χ0v) is 16.5. The van der Waals surface area contributed by atoms with Crippen molar-refractivity contribution in [2.75, 3.05) is 26.6 Å². The highest BCUT2D eigenvalue weighted by molar-refractivity contribution is 6.07. The van der Waals surface area contributed by atoms with E-state index in [1.807, 2.05) is 30.3 Å². The van der Waals surface area contributed by atoms with Crippen LogP contribution in [0.1, 0.15) is 15.9 Å². The number of benzene rings is 2. The van der Waals surface area contributed by atoms with E-state index in [9.17, 15) is 4.79 Å². The van der Waals surface area contributed by atoms with Crippen molar-refractivity contribution in [1.82, 2.24) is 4.98 Å². The van der Waals surface area contributed by atoms with Gasteiger partial charge in [-0.2, -0.15) is 0 Å². The molecule has 3 aromatic rings. The number of rotatable bonds is 8. The van der Waals surface area contributed by atoms with Gasteiger partial charge < -0.3 is 19.5 Å². The monoisotopic (exact) mass is 390 g/mol. The minimum absolute atomic E-state index is 0.103. The van der Waals surface area contributed by atoms with Gasteiger partial charge in [-0.25, -0.2) is 4.98 Å². The van der Waals surface area contributed by atoms with Crippen LogP contribution in [0.2, 0.25) is 0 Å². The molecule has 0 aliphatic heterocycles. The first kappa shape index (κ1) is 19.9. The topological polar surface area (TPSA) is 69.7 Å². The molecule has 2 aromatic carbocycles. The van der Waals surface area contributed by atoms with Gasteiger partial charge in [0.15, 0.2) is 17.3 Å². The molecule has 0 fully saturated rings. The lowest BCUT2D eigenvalue weighted by molar-refractivity contribution is 0.104. The van der Waals surface area contributed by atoms with Crippen molar-refractivity contribution >= 4 is 23.4 Å². The molecule has 0 bridgehead atoms. The van der Waals surface area contributed by atoms with Gasteiger partial charge in [0.05, 0.1) is 21.3 Å². The number of methoxy groups -OCH3 is 3. The summed E-state index contributed by atoms with van der Waals surface area (Å²) in [6.45, 7) is 0. The van der Waals surface area contributed by atoms with E-state index in [4.69, 9.17) is 14.2 Å². The molecule has 0 atom stereocenters. The minimum atomic E-state index is -0.103. The molecular weight excluding hydrogens is 368 g/mol. The molecule has 6 heteroatoms. The summed E-state index contributed by atoms with van der Waals surface area (Å²) in [5.41, 5.74) is 2.15. The molecule has 1 aromatic heterocycles. The Kier molecular flexibility index (Phi) is 6.47. The van der Waals surface area contributed by atoms with Crippen LogP contribution in [0.3, 0.4) is 0 Å². The fourth-order valence-corrected chi connectivity index (χ4v) is 2.72. The van der Waals surface area contributed by atoms with E-state index < -0.39 is 0 Å². The molecule has 0 radical (unpaired) electrons. The highest BCUT2D eigenvalue weighted by Crippen LogP contribution is 2.31. The van der Waals surface area contributed by atoms with Crippen molar-refractivity contribution in [3.05, 3.63) is 78.0 Å². The van der Waals surface area contributed by atoms with E-state index in [1.165, 1.54) is 6.08 Å². The van der Waals surface area contributed by atoms with Crippen LogP contribution < -0.4 is 19.5 Å². The second-order valence-corrected chi connectivity index (χ2v) is 6.06. The first-order chi connectivity index (χ1) is 14.1. The van der Waals surface area contributed by atoms with Crippen LogP contribution in [0.15, 0.2) is 66.9 Å². The Morgan fingerprint density at radius 3 is 2.38 bits per heavy atom. The van der Waals surface area contributed by atoms with Crippen molar-refractivity contribution in [1.29, 1.82) is 0 Å². The smallest absolute Gasteiger partial charge is 0.185 e. The number of nitrogens with one attached hydrogen (secondary N) is 1. The van der Waals surface area contributed by atoms with Crippen LogP contribution >= 0.6 is 0 Å². The highest BCUT2D eigenvalue weighted by Gasteiger charge is 2.08. The van der Waals surface area contributed by atoms with Crippen molar-refractivity contribution in [2.24, 2.45) is 0 Å². The van der Waals surface area contributed by atoms with Crippen molar-refractivity contribution in [2.45, 2.75) is 0 Å². The summed E-state index contributed by atoms with van der Waals surface area (Å²) < 4.78 is 15.7. The number of carbonyl (C=O) groups excluding carboxylic acids is 1. The lowest BCUT2D eigenvalue weighted by atomic mass is 10.1. The Labute approximate surface area is 169 Å². The maximum atomic E-state index is 12.4. The predicted molar refractivity (Wildman–Crippen MR) is 113 cm³/mol. The van der Waals surface area contributed by atoms with Crippen molar-refractivity contribution in [3.63, 3.8) is 0 Å². The Morgan fingerprint density at radius 1 is 0.931 bits per heavy atom. The fraction of sp³-hybridized carbons (Fsp3) is 0.130. The number of ketones is 1. The summed E-state index contributed by atoms with van der Waals surface area (Å²) in [6.07, 6.45) is 4.95. The van der Waals surface area contributed by atoms with Gasteiger partial charge in [0, 0.05) is 29.1 Å². The molecule has 0 unspecified atom stereocenters. The lowest BCUT2D eigenvalue weighted by Gasteiger charge is -2.12. The molecule has 3 rings (SSSR count). The summed E-state index contributed by atoms with van der Waals surface area (Å²) in [5.74, 6) is 2.48. The number of allylic oxidation sites excluding steroid dienone is 1. The number of anilines is 2. The van der Waals surface area contributed by atoms with Crippen molar-refractivity contribution < 1.29 is 19.0 Å². The van der Waals surface area contributed by atoms with Crippen LogP contribution in [0.25, 0.3) is 6.08 Å². The maximum Gasteiger partial charge on any atom is 0.185 e. The second-order valence-electron chi connectivity index (χ2n) is 6.06. The first-order valence-electron chi connectivity index (χ1n) is 8.95. The average molecular weight is 390 g/mol. The Morgan fingerprint density at radius 2 is 1.69 bits per heavy atom. The third-order valence-electron chi connectivity index (χ3n) is 4.27. The molecule has 0 saturated carbocycles. The molecule has 1 N–H and O–H groups in total. The molecule has 0 aliphatic carbocycles. The van der Waals surface area contributed by atoms with Gasteiger partial charge in [0.1, 0.15) is 11.6 Å². The van der Waals surface area contributed by atoms with Gasteiger partial charge in [0.2, 0.25) is 0 Å². The number of nitrogens with zero attached hydrogens (tertiary/aromatic N) is 1. The normalized spacial score (nSPS) is 10.6. The van der Waals surface area contributed by atoms with Gasteiger partial charge in [-0.05, 0) is 60.7 Å². The van der Waals surface area contributed by atoms with Gasteiger partial charge in [-0.15, -0.1) is 0 Å². The number of hydrogen-bond acceptors (Lipinski definition) is 6. The third-order valence-corrected chi connectivity index (χ3v) is 4.27. The number of hydrogen-bond donors (Lipinski definition) is 1. The summed E-state index contributed by atoms with van der Waals surface area (Å²) in [4.78, 5) is 16.8. The van der Waals surface area contributed by atoms with E-state index in [2.05, 4.69) is 10.3 Å².